The van der Waals surface area contributed by atoms with Crippen LogP contribution in [0.1, 0.15) is 42.3 Å². The fraction of sp³-hybridized carbons (Fsp3) is 0.222. The quantitative estimate of drug-likeness (QED) is 0.636. The fourth-order valence-electron chi connectivity index (χ4n) is 1.90. The molecule has 2 aromatic rings. The van der Waals surface area contributed by atoms with E-state index in [4.69, 9.17) is 0 Å². The molecule has 1 N–H and O–H groups in total. The summed E-state index contributed by atoms with van der Waals surface area (Å²) in [5, 5.41) is 4.00. The molecule has 0 bridgehead atoms. The molecule has 0 aliphatic carbocycles. The highest BCUT2D eigenvalue weighted by atomic mass is 79.9. The molecule has 0 aromatic heterocycles. The standard InChI is InChI=1S/C18H19BrN2O/c1-18(2,3)15-8-4-13(5-9-15)12-20-21-17(22)14-6-10-16(19)11-7-14/h4-12H,1-3H3,(H,21,22)/b20-12+. The number of nitrogens with zero attached hydrogens (tertiary/aromatic N) is 1. The number of halogens is 1. The van der Waals surface area contributed by atoms with Crippen LogP contribution in [0.5, 0.6) is 0 Å². The Balaban J connectivity index is 1.97. The zero-order valence-electron chi connectivity index (χ0n) is 12.9. The number of carbonyl (C=O) groups excluding carboxylic acids is 1. The van der Waals surface area contributed by atoms with E-state index in [-0.39, 0.29) is 11.3 Å². The van der Waals surface area contributed by atoms with E-state index in [0.717, 1.165) is 10.0 Å². The molecule has 0 saturated carbocycles. The van der Waals surface area contributed by atoms with Crippen LogP contribution in [-0.4, -0.2) is 12.1 Å². The minimum atomic E-state index is -0.227. The van der Waals surface area contributed by atoms with Crippen molar-refractivity contribution in [2.24, 2.45) is 5.10 Å². The van der Waals surface area contributed by atoms with E-state index in [2.05, 4.69) is 59.4 Å². The van der Waals surface area contributed by atoms with Crippen LogP contribution in [0.4, 0.5) is 0 Å². The van der Waals surface area contributed by atoms with Gasteiger partial charge in [0.15, 0.2) is 0 Å². The van der Waals surface area contributed by atoms with E-state index in [1.165, 1.54) is 5.56 Å². The highest BCUT2D eigenvalue weighted by Crippen LogP contribution is 2.21. The van der Waals surface area contributed by atoms with Crippen molar-refractivity contribution in [1.29, 1.82) is 0 Å². The monoisotopic (exact) mass is 358 g/mol. The number of carbonyl (C=O) groups is 1. The number of hydrogen-bond acceptors (Lipinski definition) is 2. The zero-order valence-corrected chi connectivity index (χ0v) is 14.5. The molecule has 22 heavy (non-hydrogen) atoms. The lowest BCUT2D eigenvalue weighted by molar-refractivity contribution is 0.0955. The summed E-state index contributed by atoms with van der Waals surface area (Å²) >= 11 is 3.34. The molecule has 114 valence electrons. The largest absolute Gasteiger partial charge is 0.271 e. The second-order valence-corrected chi connectivity index (χ2v) is 6.99. The number of hydrazone groups is 1. The Kier molecular flexibility index (Phi) is 5.14. The van der Waals surface area contributed by atoms with E-state index in [9.17, 15) is 4.79 Å². The summed E-state index contributed by atoms with van der Waals surface area (Å²) in [6.07, 6.45) is 1.64. The summed E-state index contributed by atoms with van der Waals surface area (Å²) in [6, 6.07) is 15.3. The maximum atomic E-state index is 11.9. The number of benzene rings is 2. The molecule has 2 rings (SSSR count). The summed E-state index contributed by atoms with van der Waals surface area (Å²) in [5.41, 5.74) is 5.45. The predicted octanol–water partition coefficient (Wildman–Crippen LogP) is 4.51. The number of rotatable bonds is 3. The molecule has 0 radical (unpaired) electrons. The molecule has 4 heteroatoms. The summed E-state index contributed by atoms with van der Waals surface area (Å²) in [6.45, 7) is 6.53. The minimum absolute atomic E-state index is 0.130. The van der Waals surface area contributed by atoms with Gasteiger partial charge in [-0.05, 0) is 40.8 Å². The summed E-state index contributed by atoms with van der Waals surface area (Å²) in [5.74, 6) is -0.227. The van der Waals surface area contributed by atoms with Crippen molar-refractivity contribution >= 4 is 28.1 Å². The Morgan fingerprint density at radius 3 is 2.18 bits per heavy atom. The van der Waals surface area contributed by atoms with E-state index in [1.807, 2.05) is 24.3 Å². The zero-order chi connectivity index (χ0) is 16.2. The van der Waals surface area contributed by atoms with Crippen molar-refractivity contribution in [3.63, 3.8) is 0 Å². The first kappa shape index (κ1) is 16.4. The highest BCUT2D eigenvalue weighted by Gasteiger charge is 2.12. The third-order valence-electron chi connectivity index (χ3n) is 3.26. The van der Waals surface area contributed by atoms with Gasteiger partial charge in [-0.3, -0.25) is 4.79 Å². The second kappa shape index (κ2) is 6.88. The normalized spacial score (nSPS) is 11.6. The van der Waals surface area contributed by atoms with Gasteiger partial charge in [0.2, 0.25) is 0 Å². The van der Waals surface area contributed by atoms with Crippen LogP contribution in [0.15, 0.2) is 58.1 Å². The molecule has 2 aromatic carbocycles. The number of nitrogens with one attached hydrogen (secondary N) is 1. The van der Waals surface area contributed by atoms with Crippen LogP contribution in [0.2, 0.25) is 0 Å². The maximum absolute atomic E-state index is 11.9. The summed E-state index contributed by atoms with van der Waals surface area (Å²) in [7, 11) is 0. The second-order valence-electron chi connectivity index (χ2n) is 6.08. The Bertz CT molecular complexity index is 668. The average Bonchev–Trinajstić information content (AvgIpc) is 2.47. The lowest BCUT2D eigenvalue weighted by Crippen LogP contribution is -2.17. The highest BCUT2D eigenvalue weighted by molar-refractivity contribution is 9.10. The van der Waals surface area contributed by atoms with Gasteiger partial charge in [-0.1, -0.05) is 61.0 Å². The van der Waals surface area contributed by atoms with Crippen LogP contribution in [-0.2, 0) is 5.41 Å². The van der Waals surface area contributed by atoms with Gasteiger partial charge < -0.3 is 0 Å². The molecule has 0 aliphatic rings. The predicted molar refractivity (Wildman–Crippen MR) is 94.3 cm³/mol. The first-order valence-electron chi connectivity index (χ1n) is 7.06. The molecule has 0 aliphatic heterocycles. The molecular weight excluding hydrogens is 340 g/mol. The Hall–Kier alpha value is -1.94. The fourth-order valence-corrected chi connectivity index (χ4v) is 2.16. The van der Waals surface area contributed by atoms with Crippen molar-refractivity contribution in [1.82, 2.24) is 5.43 Å². The third-order valence-corrected chi connectivity index (χ3v) is 3.79. The maximum Gasteiger partial charge on any atom is 0.271 e. The van der Waals surface area contributed by atoms with Gasteiger partial charge in [-0.15, -0.1) is 0 Å². The van der Waals surface area contributed by atoms with Crippen molar-refractivity contribution in [3.05, 3.63) is 69.7 Å². The molecule has 0 atom stereocenters. The van der Waals surface area contributed by atoms with Crippen LogP contribution < -0.4 is 5.43 Å². The van der Waals surface area contributed by atoms with Crippen LogP contribution >= 0.6 is 15.9 Å². The van der Waals surface area contributed by atoms with Gasteiger partial charge in [0.25, 0.3) is 5.91 Å². The van der Waals surface area contributed by atoms with E-state index >= 15 is 0 Å². The van der Waals surface area contributed by atoms with Crippen molar-refractivity contribution < 1.29 is 4.79 Å². The third kappa shape index (κ3) is 4.53. The molecule has 0 unspecified atom stereocenters. The Labute approximate surface area is 139 Å². The van der Waals surface area contributed by atoms with Gasteiger partial charge in [0, 0.05) is 10.0 Å². The van der Waals surface area contributed by atoms with Crippen molar-refractivity contribution in [2.45, 2.75) is 26.2 Å². The Morgan fingerprint density at radius 1 is 1.05 bits per heavy atom. The van der Waals surface area contributed by atoms with Crippen LogP contribution in [0.3, 0.4) is 0 Å². The molecular formula is C18H19BrN2O. The van der Waals surface area contributed by atoms with Crippen molar-refractivity contribution in [3.8, 4) is 0 Å². The smallest absolute Gasteiger partial charge is 0.267 e. The lowest BCUT2D eigenvalue weighted by Gasteiger charge is -2.18. The topological polar surface area (TPSA) is 41.5 Å². The van der Waals surface area contributed by atoms with Gasteiger partial charge in [0.05, 0.1) is 6.21 Å². The van der Waals surface area contributed by atoms with E-state index in [0.29, 0.717) is 5.56 Å². The van der Waals surface area contributed by atoms with Gasteiger partial charge in [-0.2, -0.15) is 5.10 Å². The first-order chi connectivity index (χ1) is 10.4. The minimum Gasteiger partial charge on any atom is -0.267 e. The molecule has 0 spiro atoms. The van der Waals surface area contributed by atoms with E-state index in [1.54, 1.807) is 18.3 Å². The Morgan fingerprint density at radius 2 is 1.64 bits per heavy atom. The lowest BCUT2D eigenvalue weighted by atomic mass is 9.87. The number of amides is 1. The van der Waals surface area contributed by atoms with Gasteiger partial charge in [-0.25, -0.2) is 5.43 Å². The summed E-state index contributed by atoms with van der Waals surface area (Å²) < 4.78 is 0.937. The summed E-state index contributed by atoms with van der Waals surface area (Å²) in [4.78, 5) is 11.9. The number of hydrogen-bond donors (Lipinski definition) is 1. The van der Waals surface area contributed by atoms with E-state index < -0.39 is 0 Å². The van der Waals surface area contributed by atoms with Gasteiger partial charge >= 0.3 is 0 Å². The molecule has 1 amide bonds. The van der Waals surface area contributed by atoms with Crippen LogP contribution in [0, 0.1) is 0 Å². The first-order valence-corrected chi connectivity index (χ1v) is 7.85. The molecule has 0 heterocycles. The van der Waals surface area contributed by atoms with Crippen molar-refractivity contribution in [2.75, 3.05) is 0 Å². The average molecular weight is 359 g/mol. The van der Waals surface area contributed by atoms with Gasteiger partial charge in [0.1, 0.15) is 0 Å². The SMILES string of the molecule is CC(C)(C)c1ccc(/C=N/NC(=O)c2ccc(Br)cc2)cc1. The molecule has 0 saturated heterocycles. The molecule has 3 nitrogen and oxygen atoms in total. The molecule has 0 fully saturated rings. The van der Waals surface area contributed by atoms with Crippen LogP contribution in [0.25, 0.3) is 0 Å².